The Kier molecular flexibility index (Phi) is 6.48. The first-order chi connectivity index (χ1) is 15.2. The van der Waals surface area contributed by atoms with Gasteiger partial charge in [-0.15, -0.1) is 0 Å². The summed E-state index contributed by atoms with van der Waals surface area (Å²) in [7, 11) is 1.68. The molecule has 2 aromatic rings. The minimum Gasteiger partial charge on any atom is -0.497 e. The number of nitriles is 1. The summed E-state index contributed by atoms with van der Waals surface area (Å²) in [6.45, 7) is 5.06. The van der Waals surface area contributed by atoms with Gasteiger partial charge >= 0.3 is 0 Å². The van der Waals surface area contributed by atoms with E-state index in [0.29, 0.717) is 17.6 Å². The van der Waals surface area contributed by atoms with Gasteiger partial charge in [0.05, 0.1) is 31.8 Å². The van der Waals surface area contributed by atoms with E-state index in [9.17, 15) is 0 Å². The number of rotatable bonds is 7. The zero-order valence-electron chi connectivity index (χ0n) is 17.8. The topological polar surface area (TPSA) is 121 Å². The number of hydrogen-bond acceptors (Lipinski definition) is 8. The summed E-state index contributed by atoms with van der Waals surface area (Å²) in [5.74, 6) is 3.71. The quantitative estimate of drug-likeness (QED) is 0.624. The fourth-order valence-corrected chi connectivity index (χ4v) is 3.98. The molecule has 3 N–H and O–H groups in total. The Morgan fingerprint density at radius 2 is 2.06 bits per heavy atom. The molecule has 4 rings (SSSR count). The zero-order valence-corrected chi connectivity index (χ0v) is 17.8. The Morgan fingerprint density at radius 1 is 1.23 bits per heavy atom. The minimum absolute atomic E-state index is 0.214. The maximum absolute atomic E-state index is 8.83. The predicted molar refractivity (Wildman–Crippen MR) is 116 cm³/mol. The molecule has 2 aliphatic rings. The van der Waals surface area contributed by atoms with Gasteiger partial charge in [0.25, 0.3) is 0 Å². The third-order valence-electron chi connectivity index (χ3n) is 5.63. The van der Waals surface area contributed by atoms with Gasteiger partial charge in [-0.1, -0.05) is 6.92 Å². The third kappa shape index (κ3) is 5.03. The Balaban J connectivity index is 1.47. The van der Waals surface area contributed by atoms with Crippen molar-refractivity contribution >= 4 is 17.2 Å². The predicted octanol–water partition coefficient (Wildman–Crippen LogP) is 3.11. The molecule has 1 fully saturated rings. The number of allylic oxidation sites excluding steroid dienone is 3. The van der Waals surface area contributed by atoms with Crippen LogP contribution in [0.5, 0.6) is 0 Å². The van der Waals surface area contributed by atoms with Crippen LogP contribution in [0, 0.1) is 23.2 Å². The molecule has 9 heteroatoms. The molecule has 0 bridgehead atoms. The number of nitrogens with one attached hydrogen (secondary N) is 3. The molecule has 1 aliphatic heterocycles. The highest BCUT2D eigenvalue weighted by Crippen LogP contribution is 2.37. The van der Waals surface area contributed by atoms with Crippen LogP contribution in [0.4, 0.5) is 11.6 Å². The summed E-state index contributed by atoms with van der Waals surface area (Å²) in [6.07, 6.45) is 8.06. The van der Waals surface area contributed by atoms with Crippen LogP contribution in [0.2, 0.25) is 0 Å². The van der Waals surface area contributed by atoms with E-state index in [4.69, 9.17) is 14.7 Å². The number of nitrogens with zero attached hydrogens (tertiary/aromatic N) is 4. The molecule has 0 aromatic carbocycles. The molecular formula is C22H27N7O2. The maximum atomic E-state index is 8.83. The molecule has 1 aliphatic carbocycles. The summed E-state index contributed by atoms with van der Waals surface area (Å²) < 4.78 is 11.9. The lowest BCUT2D eigenvalue weighted by Crippen LogP contribution is -2.30. The Morgan fingerprint density at radius 3 is 2.77 bits per heavy atom. The highest BCUT2D eigenvalue weighted by atomic mass is 16.5. The van der Waals surface area contributed by atoms with Crippen molar-refractivity contribution in [2.24, 2.45) is 11.8 Å². The Labute approximate surface area is 181 Å². The molecule has 0 saturated carbocycles. The molecule has 0 amide bonds. The van der Waals surface area contributed by atoms with Crippen LogP contribution in [-0.2, 0) is 9.47 Å². The van der Waals surface area contributed by atoms with Gasteiger partial charge in [0, 0.05) is 24.1 Å². The first kappa shape index (κ1) is 20.9. The number of hydrogen-bond donors (Lipinski definition) is 3. The van der Waals surface area contributed by atoms with E-state index in [1.807, 2.05) is 18.2 Å². The van der Waals surface area contributed by atoms with Crippen LogP contribution in [0.25, 0.3) is 5.57 Å². The number of H-pyrrole nitrogens is 1. The summed E-state index contributed by atoms with van der Waals surface area (Å²) in [5, 5.41) is 22.7. The molecule has 1 atom stereocenters. The van der Waals surface area contributed by atoms with Crippen LogP contribution >= 0.6 is 0 Å². The van der Waals surface area contributed by atoms with E-state index in [0.717, 1.165) is 61.7 Å². The number of ether oxygens (including phenoxy) is 2. The molecular weight excluding hydrogens is 394 g/mol. The van der Waals surface area contributed by atoms with Crippen LogP contribution in [-0.4, -0.2) is 47.0 Å². The van der Waals surface area contributed by atoms with Gasteiger partial charge in [0.2, 0.25) is 0 Å². The summed E-state index contributed by atoms with van der Waals surface area (Å²) in [6, 6.07) is 3.87. The highest BCUT2D eigenvalue weighted by molar-refractivity contribution is 5.72. The van der Waals surface area contributed by atoms with E-state index in [-0.39, 0.29) is 11.6 Å². The number of aromatic amines is 1. The summed E-state index contributed by atoms with van der Waals surface area (Å²) >= 11 is 0. The van der Waals surface area contributed by atoms with Gasteiger partial charge in [0.15, 0.2) is 11.5 Å². The largest absolute Gasteiger partial charge is 0.497 e. The molecule has 31 heavy (non-hydrogen) atoms. The minimum atomic E-state index is 0.214. The SMILES string of the molecule is COC1=C(c2cc(Nc3cnc(C#N)cn3)n[nH]2)C(C)CC(OCC2CCNCC2)=C1. The molecule has 3 heterocycles. The highest BCUT2D eigenvalue weighted by Gasteiger charge is 2.26. The van der Waals surface area contributed by atoms with E-state index >= 15 is 0 Å². The molecule has 1 unspecified atom stereocenters. The van der Waals surface area contributed by atoms with E-state index < -0.39 is 0 Å². The van der Waals surface area contributed by atoms with Crippen LogP contribution in [0.3, 0.4) is 0 Å². The van der Waals surface area contributed by atoms with Crippen molar-refractivity contribution in [2.45, 2.75) is 26.2 Å². The van der Waals surface area contributed by atoms with Crippen molar-refractivity contribution in [1.29, 1.82) is 5.26 Å². The van der Waals surface area contributed by atoms with E-state index in [2.05, 4.69) is 37.7 Å². The smallest absolute Gasteiger partial charge is 0.158 e. The lowest BCUT2D eigenvalue weighted by molar-refractivity contribution is 0.133. The van der Waals surface area contributed by atoms with Crippen LogP contribution in [0.1, 0.15) is 37.6 Å². The molecule has 2 aromatic heterocycles. The molecule has 0 spiro atoms. The average Bonchev–Trinajstić information content (AvgIpc) is 3.26. The molecule has 9 nitrogen and oxygen atoms in total. The summed E-state index contributed by atoms with van der Waals surface area (Å²) in [5.41, 5.74) is 2.20. The molecule has 162 valence electrons. The van der Waals surface area contributed by atoms with Crippen molar-refractivity contribution in [2.75, 3.05) is 32.1 Å². The average molecular weight is 422 g/mol. The number of piperidine rings is 1. The summed E-state index contributed by atoms with van der Waals surface area (Å²) in [4.78, 5) is 8.17. The van der Waals surface area contributed by atoms with Crippen molar-refractivity contribution in [1.82, 2.24) is 25.5 Å². The first-order valence-corrected chi connectivity index (χ1v) is 10.5. The second-order valence-corrected chi connectivity index (χ2v) is 7.89. The first-order valence-electron chi connectivity index (χ1n) is 10.5. The number of aromatic nitrogens is 4. The monoisotopic (exact) mass is 421 g/mol. The lowest BCUT2D eigenvalue weighted by atomic mass is 9.88. The van der Waals surface area contributed by atoms with Crippen LogP contribution in [0.15, 0.2) is 36.1 Å². The van der Waals surface area contributed by atoms with Crippen molar-refractivity contribution in [3.63, 3.8) is 0 Å². The van der Waals surface area contributed by atoms with Gasteiger partial charge in [-0.3, -0.25) is 5.10 Å². The van der Waals surface area contributed by atoms with Gasteiger partial charge in [-0.25, -0.2) is 9.97 Å². The van der Waals surface area contributed by atoms with Gasteiger partial charge < -0.3 is 20.1 Å². The third-order valence-corrected chi connectivity index (χ3v) is 5.63. The number of anilines is 2. The van der Waals surface area contributed by atoms with Crippen LogP contribution < -0.4 is 10.6 Å². The number of methoxy groups -OCH3 is 1. The van der Waals surface area contributed by atoms with Crippen molar-refractivity contribution in [3.05, 3.63) is 47.4 Å². The second kappa shape index (κ2) is 9.62. The van der Waals surface area contributed by atoms with Gasteiger partial charge in [0.1, 0.15) is 23.4 Å². The Bertz CT molecular complexity index is 998. The fraction of sp³-hybridized carbons (Fsp3) is 0.455. The van der Waals surface area contributed by atoms with Crippen molar-refractivity contribution in [3.8, 4) is 6.07 Å². The van der Waals surface area contributed by atoms with Crippen molar-refractivity contribution < 1.29 is 9.47 Å². The zero-order chi connectivity index (χ0) is 21.6. The van der Waals surface area contributed by atoms with E-state index in [1.165, 1.54) is 12.4 Å². The lowest BCUT2D eigenvalue weighted by Gasteiger charge is -2.27. The second-order valence-electron chi connectivity index (χ2n) is 7.89. The Hall–Kier alpha value is -3.38. The standard InChI is InChI=1S/C22H27N7O2/c1-14-7-17(31-13-15-3-5-24-6-4-15)8-19(30-2)22(14)18-9-20(29-28-18)27-21-12-25-16(10-23)11-26-21/h8-9,11-12,14-15,24H,3-7,13H2,1-2H3,(H2,26,27,28,29). The molecule has 0 radical (unpaired) electrons. The van der Waals surface area contributed by atoms with E-state index in [1.54, 1.807) is 7.11 Å². The fourth-order valence-electron chi connectivity index (χ4n) is 3.98. The van der Waals surface area contributed by atoms with Gasteiger partial charge in [-0.2, -0.15) is 10.4 Å². The van der Waals surface area contributed by atoms with Gasteiger partial charge in [-0.05, 0) is 37.8 Å². The molecule has 1 saturated heterocycles. The normalized spacial score (nSPS) is 19.5. The maximum Gasteiger partial charge on any atom is 0.158 e.